The molecule has 0 aliphatic carbocycles. The van der Waals surface area contributed by atoms with Crippen LogP contribution in [0.3, 0.4) is 0 Å². The van der Waals surface area contributed by atoms with Gasteiger partial charge < -0.3 is 5.32 Å². The summed E-state index contributed by atoms with van der Waals surface area (Å²) < 4.78 is 0. The highest BCUT2D eigenvalue weighted by Gasteiger charge is 2.36. The molecular weight excluding hydrogens is 280 g/mol. The number of piperazine rings is 1. The third-order valence-electron chi connectivity index (χ3n) is 4.55. The number of benzene rings is 1. The van der Waals surface area contributed by atoms with Gasteiger partial charge in [0.05, 0.1) is 0 Å². The summed E-state index contributed by atoms with van der Waals surface area (Å²) in [6, 6.07) is 9.41. The van der Waals surface area contributed by atoms with E-state index in [9.17, 15) is 0 Å². The summed E-state index contributed by atoms with van der Waals surface area (Å²) in [5.41, 5.74) is 1.62. The van der Waals surface area contributed by atoms with Crippen LogP contribution in [0.25, 0.3) is 0 Å². The van der Waals surface area contributed by atoms with Gasteiger partial charge in [-0.05, 0) is 29.0 Å². The van der Waals surface area contributed by atoms with E-state index in [0.717, 1.165) is 24.7 Å². The largest absolute Gasteiger partial charge is 0.311 e. The quantitative estimate of drug-likeness (QED) is 0.901. The van der Waals surface area contributed by atoms with E-state index in [1.165, 1.54) is 5.56 Å². The minimum atomic E-state index is 0.279. The summed E-state index contributed by atoms with van der Waals surface area (Å²) in [6.45, 7) is 14.8. The molecule has 0 amide bonds. The van der Waals surface area contributed by atoms with E-state index in [4.69, 9.17) is 11.6 Å². The van der Waals surface area contributed by atoms with Gasteiger partial charge in [-0.15, -0.1) is 0 Å². The fourth-order valence-corrected chi connectivity index (χ4v) is 3.26. The van der Waals surface area contributed by atoms with Gasteiger partial charge in [0.1, 0.15) is 0 Å². The molecular formula is C18H29ClN2. The van der Waals surface area contributed by atoms with Gasteiger partial charge in [0.25, 0.3) is 0 Å². The number of nitrogens with zero attached hydrogens (tertiary/aromatic N) is 1. The SMILES string of the molecule is CC(C)C1CN(Cc2ccc(Cl)cc2)C(C(C)(C)C)CN1. The Morgan fingerprint density at radius 1 is 1.24 bits per heavy atom. The molecule has 21 heavy (non-hydrogen) atoms. The third-order valence-corrected chi connectivity index (χ3v) is 4.80. The first-order valence-corrected chi connectivity index (χ1v) is 8.37. The molecule has 1 aromatic carbocycles. The second-order valence-corrected chi connectivity index (χ2v) is 8.13. The summed E-state index contributed by atoms with van der Waals surface area (Å²) >= 11 is 6.00. The lowest BCUT2D eigenvalue weighted by Gasteiger charge is -2.47. The van der Waals surface area contributed by atoms with E-state index in [2.05, 4.69) is 57.0 Å². The summed E-state index contributed by atoms with van der Waals surface area (Å²) in [5, 5.41) is 4.55. The predicted octanol–water partition coefficient (Wildman–Crippen LogP) is 4.18. The van der Waals surface area contributed by atoms with Crippen LogP contribution < -0.4 is 5.32 Å². The van der Waals surface area contributed by atoms with Crippen molar-refractivity contribution in [1.82, 2.24) is 10.2 Å². The van der Waals surface area contributed by atoms with Crippen LogP contribution in [0.15, 0.2) is 24.3 Å². The van der Waals surface area contributed by atoms with Crippen molar-refractivity contribution < 1.29 is 0 Å². The zero-order valence-electron chi connectivity index (χ0n) is 14.0. The minimum Gasteiger partial charge on any atom is -0.311 e. The summed E-state index contributed by atoms with van der Waals surface area (Å²) in [4.78, 5) is 2.64. The van der Waals surface area contributed by atoms with E-state index >= 15 is 0 Å². The lowest BCUT2D eigenvalue weighted by molar-refractivity contribution is 0.0400. The normalized spacial score (nSPS) is 24.5. The number of hydrogen-bond donors (Lipinski definition) is 1. The van der Waals surface area contributed by atoms with Gasteiger partial charge in [-0.3, -0.25) is 4.90 Å². The highest BCUT2D eigenvalue weighted by molar-refractivity contribution is 6.30. The topological polar surface area (TPSA) is 15.3 Å². The average Bonchev–Trinajstić information content (AvgIpc) is 2.40. The zero-order chi connectivity index (χ0) is 15.6. The molecule has 2 unspecified atom stereocenters. The molecule has 2 nitrogen and oxygen atoms in total. The van der Waals surface area contributed by atoms with Crippen molar-refractivity contribution in [2.75, 3.05) is 13.1 Å². The highest BCUT2D eigenvalue weighted by Crippen LogP contribution is 2.29. The van der Waals surface area contributed by atoms with Gasteiger partial charge in [0, 0.05) is 36.7 Å². The maximum Gasteiger partial charge on any atom is 0.0406 e. The molecule has 0 aromatic heterocycles. The molecule has 1 heterocycles. The number of nitrogens with one attached hydrogen (secondary N) is 1. The maximum atomic E-state index is 6.00. The highest BCUT2D eigenvalue weighted by atomic mass is 35.5. The smallest absolute Gasteiger partial charge is 0.0406 e. The van der Waals surface area contributed by atoms with Crippen molar-refractivity contribution in [3.63, 3.8) is 0 Å². The Hall–Kier alpha value is -0.570. The molecule has 1 saturated heterocycles. The van der Waals surface area contributed by atoms with Crippen molar-refractivity contribution in [3.05, 3.63) is 34.9 Å². The monoisotopic (exact) mass is 308 g/mol. The van der Waals surface area contributed by atoms with Gasteiger partial charge in [-0.1, -0.05) is 58.4 Å². The molecule has 1 aliphatic heterocycles. The second kappa shape index (κ2) is 6.68. The van der Waals surface area contributed by atoms with Crippen molar-refractivity contribution in [3.8, 4) is 0 Å². The first-order valence-electron chi connectivity index (χ1n) is 7.99. The third kappa shape index (κ3) is 4.45. The van der Waals surface area contributed by atoms with Crippen LogP contribution in [0.5, 0.6) is 0 Å². The maximum absolute atomic E-state index is 6.00. The van der Waals surface area contributed by atoms with E-state index in [1.807, 2.05) is 12.1 Å². The average molecular weight is 309 g/mol. The van der Waals surface area contributed by atoms with Crippen molar-refractivity contribution in [2.24, 2.45) is 11.3 Å². The van der Waals surface area contributed by atoms with Crippen molar-refractivity contribution in [1.29, 1.82) is 0 Å². The van der Waals surface area contributed by atoms with Gasteiger partial charge in [0.15, 0.2) is 0 Å². The first-order chi connectivity index (χ1) is 9.77. The Balaban J connectivity index is 2.14. The van der Waals surface area contributed by atoms with Crippen LogP contribution in [0.1, 0.15) is 40.2 Å². The molecule has 0 radical (unpaired) electrons. The molecule has 1 fully saturated rings. The molecule has 3 heteroatoms. The summed E-state index contributed by atoms with van der Waals surface area (Å²) in [5.74, 6) is 0.665. The van der Waals surface area contributed by atoms with Crippen LogP contribution in [0.4, 0.5) is 0 Å². The molecule has 0 saturated carbocycles. The standard InChI is InChI=1S/C18H29ClN2/c1-13(2)16-12-21(17(10-20-16)18(3,4)5)11-14-6-8-15(19)9-7-14/h6-9,13,16-17,20H,10-12H2,1-5H3. The van der Waals surface area contributed by atoms with Gasteiger partial charge in [0.2, 0.25) is 0 Å². The molecule has 1 aliphatic rings. The predicted molar refractivity (Wildman–Crippen MR) is 91.7 cm³/mol. The van der Waals surface area contributed by atoms with Crippen molar-refractivity contribution >= 4 is 11.6 Å². The summed E-state index contributed by atoms with van der Waals surface area (Å²) in [6.07, 6.45) is 0. The minimum absolute atomic E-state index is 0.279. The molecule has 1 aromatic rings. The Labute approximate surface area is 134 Å². The van der Waals surface area contributed by atoms with Gasteiger partial charge in [-0.2, -0.15) is 0 Å². The molecule has 2 rings (SSSR count). The van der Waals surface area contributed by atoms with E-state index < -0.39 is 0 Å². The van der Waals surface area contributed by atoms with Crippen LogP contribution in [-0.2, 0) is 6.54 Å². The van der Waals surface area contributed by atoms with Crippen LogP contribution >= 0.6 is 11.6 Å². The van der Waals surface area contributed by atoms with E-state index in [0.29, 0.717) is 18.0 Å². The molecule has 0 spiro atoms. The van der Waals surface area contributed by atoms with Gasteiger partial charge in [-0.25, -0.2) is 0 Å². The molecule has 0 bridgehead atoms. The van der Waals surface area contributed by atoms with Crippen LogP contribution in [-0.4, -0.2) is 30.1 Å². The van der Waals surface area contributed by atoms with E-state index in [-0.39, 0.29) is 5.41 Å². The Morgan fingerprint density at radius 3 is 2.38 bits per heavy atom. The Bertz CT molecular complexity index is 447. The van der Waals surface area contributed by atoms with Crippen molar-refractivity contribution in [2.45, 2.75) is 53.2 Å². The van der Waals surface area contributed by atoms with Gasteiger partial charge >= 0.3 is 0 Å². The van der Waals surface area contributed by atoms with Crippen LogP contribution in [0, 0.1) is 11.3 Å². The zero-order valence-corrected chi connectivity index (χ0v) is 14.7. The number of rotatable bonds is 3. The number of hydrogen-bond acceptors (Lipinski definition) is 2. The number of halogens is 1. The fourth-order valence-electron chi connectivity index (χ4n) is 3.14. The summed E-state index contributed by atoms with van der Waals surface area (Å²) in [7, 11) is 0. The molecule has 2 atom stereocenters. The Kier molecular flexibility index (Phi) is 5.34. The first kappa shape index (κ1) is 16.8. The second-order valence-electron chi connectivity index (χ2n) is 7.70. The Morgan fingerprint density at radius 2 is 1.86 bits per heavy atom. The lowest BCUT2D eigenvalue weighted by atomic mass is 9.82. The lowest BCUT2D eigenvalue weighted by Crippen LogP contribution is -2.61. The van der Waals surface area contributed by atoms with E-state index in [1.54, 1.807) is 0 Å². The molecule has 118 valence electrons. The van der Waals surface area contributed by atoms with Crippen LogP contribution in [0.2, 0.25) is 5.02 Å². The fraction of sp³-hybridized carbons (Fsp3) is 0.667. The molecule has 1 N–H and O–H groups in total.